The third-order valence-corrected chi connectivity index (χ3v) is 1.59. The van der Waals surface area contributed by atoms with Crippen LogP contribution in [0, 0.1) is 0 Å². The Kier molecular flexibility index (Phi) is 1.69. The fourth-order valence-electron chi connectivity index (χ4n) is 0.854. The summed E-state index contributed by atoms with van der Waals surface area (Å²) in [7, 11) is 0. The van der Waals surface area contributed by atoms with Crippen molar-refractivity contribution in [2.24, 2.45) is 4.99 Å². The van der Waals surface area contributed by atoms with Gasteiger partial charge in [-0.25, -0.2) is 0 Å². The molecule has 0 aromatic heterocycles. The number of hydrogen-bond donors (Lipinski definition) is 1. The lowest BCUT2D eigenvalue weighted by Gasteiger charge is -2.20. The second-order valence-electron chi connectivity index (χ2n) is 2.61. The molecule has 1 aliphatic heterocycles. The number of alkyl halides is 1. The summed E-state index contributed by atoms with van der Waals surface area (Å²) < 4.78 is 11.8. The van der Waals surface area contributed by atoms with Crippen LogP contribution in [0.5, 0.6) is 0 Å². The molecule has 0 saturated heterocycles. The molecule has 2 nitrogen and oxygen atoms in total. The zero-order valence-electron chi connectivity index (χ0n) is 5.52. The highest BCUT2D eigenvalue weighted by atomic mass is 19.1. The van der Waals surface area contributed by atoms with Crippen LogP contribution < -0.4 is 5.32 Å². The first-order chi connectivity index (χ1) is 4.27. The predicted molar refractivity (Wildman–Crippen MR) is 35.5 cm³/mol. The Morgan fingerprint density at radius 1 is 1.89 bits per heavy atom. The number of halogens is 1. The van der Waals surface area contributed by atoms with Crippen LogP contribution >= 0.6 is 0 Å². The molecular formula is C6H11FN2. The number of nitrogens with one attached hydrogen (secondary N) is 1. The van der Waals surface area contributed by atoms with E-state index in [1.165, 1.54) is 0 Å². The molecule has 3 heteroatoms. The van der Waals surface area contributed by atoms with Crippen molar-refractivity contribution in [2.45, 2.75) is 18.9 Å². The molecule has 0 spiro atoms. The van der Waals surface area contributed by atoms with E-state index in [4.69, 9.17) is 0 Å². The molecule has 1 atom stereocenters. The molecule has 0 radical (unpaired) electrons. The lowest BCUT2D eigenvalue weighted by atomic mass is 10.0. The average molecular weight is 130 g/mol. The van der Waals surface area contributed by atoms with Crippen molar-refractivity contribution in [2.75, 3.05) is 13.2 Å². The molecule has 1 aliphatic rings. The smallest absolute Gasteiger partial charge is 0.0917 e. The van der Waals surface area contributed by atoms with Gasteiger partial charge in [0.2, 0.25) is 0 Å². The zero-order valence-corrected chi connectivity index (χ0v) is 5.52. The predicted octanol–water partition coefficient (Wildman–Crippen LogP) is 0.736. The molecule has 52 valence electrons. The van der Waals surface area contributed by atoms with Crippen molar-refractivity contribution in [3.8, 4) is 0 Å². The van der Waals surface area contributed by atoms with E-state index in [1.807, 2.05) is 6.92 Å². The van der Waals surface area contributed by atoms with E-state index in [1.54, 1.807) is 6.34 Å². The fourth-order valence-corrected chi connectivity index (χ4v) is 0.854. The first kappa shape index (κ1) is 6.52. The molecule has 1 unspecified atom stereocenters. The first-order valence-corrected chi connectivity index (χ1v) is 3.09. The van der Waals surface area contributed by atoms with Crippen molar-refractivity contribution in [3.05, 3.63) is 0 Å². The Morgan fingerprint density at radius 2 is 2.67 bits per heavy atom. The minimum Gasteiger partial charge on any atom is -0.369 e. The molecule has 1 rings (SSSR count). The summed E-state index contributed by atoms with van der Waals surface area (Å²) in [4.78, 5) is 3.95. The van der Waals surface area contributed by atoms with Crippen LogP contribution in [0.2, 0.25) is 0 Å². The Bertz CT molecular complexity index is 114. The molecule has 0 bridgehead atoms. The van der Waals surface area contributed by atoms with Gasteiger partial charge in [0.05, 0.1) is 25.1 Å². The van der Waals surface area contributed by atoms with Crippen molar-refractivity contribution in [3.63, 3.8) is 0 Å². The topological polar surface area (TPSA) is 24.4 Å². The van der Waals surface area contributed by atoms with Crippen molar-refractivity contribution in [1.29, 1.82) is 0 Å². The SMILES string of the molecule is CC1(CCF)CN=CN1. The molecule has 0 fully saturated rings. The minimum atomic E-state index is -0.271. The summed E-state index contributed by atoms with van der Waals surface area (Å²) in [5.74, 6) is 0. The first-order valence-electron chi connectivity index (χ1n) is 3.09. The maximum Gasteiger partial charge on any atom is 0.0917 e. The highest BCUT2D eigenvalue weighted by Crippen LogP contribution is 2.12. The number of rotatable bonds is 2. The summed E-state index contributed by atoms with van der Waals surface area (Å²) in [5, 5.41) is 3.00. The molecule has 9 heavy (non-hydrogen) atoms. The van der Waals surface area contributed by atoms with Gasteiger partial charge in [0.15, 0.2) is 0 Å². The number of nitrogens with zero attached hydrogens (tertiary/aromatic N) is 1. The van der Waals surface area contributed by atoms with Crippen LogP contribution in [0.3, 0.4) is 0 Å². The Labute approximate surface area is 54.2 Å². The third-order valence-electron chi connectivity index (χ3n) is 1.59. The summed E-state index contributed by atoms with van der Waals surface area (Å²) in [6.07, 6.45) is 2.20. The number of hydrogen-bond acceptors (Lipinski definition) is 2. The zero-order chi connectivity index (χ0) is 6.74. The monoisotopic (exact) mass is 130 g/mol. The molecule has 1 heterocycles. The summed E-state index contributed by atoms with van der Waals surface area (Å²) >= 11 is 0. The van der Waals surface area contributed by atoms with Crippen LogP contribution in [-0.2, 0) is 0 Å². The number of aliphatic imine (C=N–C) groups is 1. The lowest BCUT2D eigenvalue weighted by molar-refractivity contribution is 0.351. The molecule has 0 aromatic carbocycles. The molecule has 0 amide bonds. The normalized spacial score (nSPS) is 32.7. The van der Waals surface area contributed by atoms with Gasteiger partial charge in [0, 0.05) is 6.42 Å². The van der Waals surface area contributed by atoms with Gasteiger partial charge in [-0.15, -0.1) is 0 Å². The van der Waals surface area contributed by atoms with Crippen molar-refractivity contribution in [1.82, 2.24) is 5.32 Å². The van der Waals surface area contributed by atoms with Crippen LogP contribution in [0.4, 0.5) is 4.39 Å². The molecule has 0 aliphatic carbocycles. The molecular weight excluding hydrogens is 119 g/mol. The van der Waals surface area contributed by atoms with Crippen LogP contribution in [0.15, 0.2) is 4.99 Å². The van der Waals surface area contributed by atoms with Gasteiger partial charge in [0.25, 0.3) is 0 Å². The second-order valence-corrected chi connectivity index (χ2v) is 2.61. The van der Waals surface area contributed by atoms with E-state index in [0.717, 1.165) is 0 Å². The fraction of sp³-hybridized carbons (Fsp3) is 0.833. The van der Waals surface area contributed by atoms with E-state index in [0.29, 0.717) is 13.0 Å². The third kappa shape index (κ3) is 1.40. The van der Waals surface area contributed by atoms with Gasteiger partial charge < -0.3 is 5.32 Å². The molecule has 0 saturated carbocycles. The molecule has 0 aromatic rings. The van der Waals surface area contributed by atoms with Gasteiger partial charge in [-0.05, 0) is 6.92 Å². The van der Waals surface area contributed by atoms with E-state index < -0.39 is 0 Å². The molecule has 1 N–H and O–H groups in total. The van der Waals surface area contributed by atoms with E-state index in [-0.39, 0.29) is 12.2 Å². The van der Waals surface area contributed by atoms with Gasteiger partial charge in [-0.2, -0.15) is 0 Å². The average Bonchev–Trinajstić information content (AvgIpc) is 2.16. The second kappa shape index (κ2) is 2.33. The van der Waals surface area contributed by atoms with Crippen molar-refractivity contribution < 1.29 is 4.39 Å². The van der Waals surface area contributed by atoms with Crippen LogP contribution in [0.25, 0.3) is 0 Å². The maximum atomic E-state index is 11.8. The van der Waals surface area contributed by atoms with Crippen LogP contribution in [-0.4, -0.2) is 25.1 Å². The summed E-state index contributed by atoms with van der Waals surface area (Å²) in [6, 6.07) is 0. The highest BCUT2D eigenvalue weighted by molar-refractivity contribution is 5.58. The van der Waals surface area contributed by atoms with E-state index in [2.05, 4.69) is 10.3 Å². The Balaban J connectivity index is 2.36. The Hall–Kier alpha value is -0.600. The Morgan fingerprint density at radius 3 is 3.11 bits per heavy atom. The van der Waals surface area contributed by atoms with Gasteiger partial charge in [-0.3, -0.25) is 9.38 Å². The largest absolute Gasteiger partial charge is 0.369 e. The van der Waals surface area contributed by atoms with Gasteiger partial charge in [-0.1, -0.05) is 0 Å². The van der Waals surface area contributed by atoms with E-state index in [9.17, 15) is 4.39 Å². The standard InChI is InChI=1S/C6H11FN2/c1-6(2-3-7)4-8-5-9-6/h5H,2-4H2,1H3,(H,8,9). The van der Waals surface area contributed by atoms with Crippen LogP contribution in [0.1, 0.15) is 13.3 Å². The van der Waals surface area contributed by atoms with Gasteiger partial charge >= 0.3 is 0 Å². The summed E-state index contributed by atoms with van der Waals surface area (Å²) in [5.41, 5.74) is -0.102. The van der Waals surface area contributed by atoms with Gasteiger partial charge in [0.1, 0.15) is 0 Å². The quantitative estimate of drug-likeness (QED) is 0.585. The highest BCUT2D eigenvalue weighted by Gasteiger charge is 2.24. The summed E-state index contributed by atoms with van der Waals surface area (Å²) in [6.45, 7) is 2.41. The van der Waals surface area contributed by atoms with Crippen molar-refractivity contribution >= 4 is 6.34 Å². The lowest BCUT2D eigenvalue weighted by Crippen LogP contribution is -2.40. The minimum absolute atomic E-state index is 0.102. The maximum absolute atomic E-state index is 11.8. The van der Waals surface area contributed by atoms with E-state index >= 15 is 0 Å².